The molecule has 0 saturated carbocycles. The summed E-state index contributed by atoms with van der Waals surface area (Å²) < 4.78 is 47.7. The fraction of sp³-hybridized carbons (Fsp3) is 0.333. The molecule has 11 heteroatoms. The van der Waals surface area contributed by atoms with Crippen molar-refractivity contribution in [3.63, 3.8) is 0 Å². The first-order chi connectivity index (χ1) is 18.1. The van der Waals surface area contributed by atoms with Crippen LogP contribution < -0.4 is 4.74 Å². The molecule has 0 aliphatic carbocycles. The van der Waals surface area contributed by atoms with Crippen molar-refractivity contribution in [2.75, 3.05) is 6.61 Å². The number of benzene rings is 1. The van der Waals surface area contributed by atoms with Crippen LogP contribution in [0, 0.1) is 0 Å². The summed E-state index contributed by atoms with van der Waals surface area (Å²) in [5, 5.41) is 18.2. The van der Waals surface area contributed by atoms with E-state index in [0.717, 1.165) is 34.9 Å². The number of halogens is 3. The van der Waals surface area contributed by atoms with E-state index < -0.39 is 17.7 Å². The summed E-state index contributed by atoms with van der Waals surface area (Å²) in [6.45, 7) is 4.37. The van der Waals surface area contributed by atoms with Crippen LogP contribution in [0.15, 0.2) is 60.9 Å². The number of aryl methyl sites for hydroxylation is 2. The Bertz CT molecular complexity index is 1360. The zero-order valence-electron chi connectivity index (χ0n) is 21.0. The van der Waals surface area contributed by atoms with Crippen molar-refractivity contribution < 1.29 is 27.8 Å². The lowest BCUT2D eigenvalue weighted by Gasteiger charge is -2.06. The van der Waals surface area contributed by atoms with E-state index in [1.54, 1.807) is 16.9 Å². The number of carboxylic acids is 1. The number of aromatic nitrogens is 5. The summed E-state index contributed by atoms with van der Waals surface area (Å²) in [5.74, 6) is -0.0630. The summed E-state index contributed by atoms with van der Waals surface area (Å²) in [6, 6.07) is 13.5. The fourth-order valence-electron chi connectivity index (χ4n) is 4.02. The molecule has 0 amide bonds. The fourth-order valence-corrected chi connectivity index (χ4v) is 4.02. The molecule has 200 valence electrons. The third kappa shape index (κ3) is 6.58. The van der Waals surface area contributed by atoms with Gasteiger partial charge in [-0.2, -0.15) is 18.3 Å². The van der Waals surface area contributed by atoms with E-state index in [-0.39, 0.29) is 12.3 Å². The number of carboxylic acid groups (broad SMARTS) is 1. The maximum Gasteiger partial charge on any atom is 0.417 e. The van der Waals surface area contributed by atoms with Crippen molar-refractivity contribution >= 4 is 5.97 Å². The summed E-state index contributed by atoms with van der Waals surface area (Å²) >= 11 is 0. The van der Waals surface area contributed by atoms with Gasteiger partial charge in [0.15, 0.2) is 5.82 Å². The molecule has 0 spiro atoms. The van der Waals surface area contributed by atoms with Crippen molar-refractivity contribution in [3.05, 3.63) is 83.4 Å². The summed E-state index contributed by atoms with van der Waals surface area (Å²) in [6.07, 6.45) is -0.271. The maximum absolute atomic E-state index is 12.9. The van der Waals surface area contributed by atoms with Gasteiger partial charge in [-0.1, -0.05) is 32.0 Å². The average Bonchev–Trinajstić information content (AvgIpc) is 3.50. The van der Waals surface area contributed by atoms with Crippen LogP contribution in [-0.2, 0) is 23.8 Å². The van der Waals surface area contributed by atoms with E-state index in [4.69, 9.17) is 9.84 Å². The van der Waals surface area contributed by atoms with Crippen LogP contribution in [0.1, 0.15) is 55.1 Å². The van der Waals surface area contributed by atoms with Crippen LogP contribution in [0.4, 0.5) is 13.2 Å². The summed E-state index contributed by atoms with van der Waals surface area (Å²) in [4.78, 5) is 15.0. The second kappa shape index (κ2) is 11.5. The molecule has 8 nitrogen and oxygen atoms in total. The van der Waals surface area contributed by atoms with Gasteiger partial charge in [0.2, 0.25) is 5.88 Å². The van der Waals surface area contributed by atoms with Crippen LogP contribution in [-0.4, -0.2) is 42.2 Å². The number of para-hydroxylation sites is 1. The van der Waals surface area contributed by atoms with Gasteiger partial charge in [-0.15, -0.1) is 5.10 Å². The van der Waals surface area contributed by atoms with Gasteiger partial charge in [0.25, 0.3) is 0 Å². The van der Waals surface area contributed by atoms with E-state index >= 15 is 0 Å². The molecule has 3 heterocycles. The summed E-state index contributed by atoms with van der Waals surface area (Å²) in [7, 11) is 0. The Balaban J connectivity index is 1.42. The number of hydrogen-bond donors (Lipinski definition) is 1. The smallest absolute Gasteiger partial charge is 0.417 e. The number of rotatable bonds is 11. The second-order valence-electron chi connectivity index (χ2n) is 9.11. The normalized spacial score (nSPS) is 11.7. The third-order valence-corrected chi connectivity index (χ3v) is 5.88. The van der Waals surface area contributed by atoms with Crippen molar-refractivity contribution in [2.45, 2.75) is 51.6 Å². The van der Waals surface area contributed by atoms with Gasteiger partial charge < -0.3 is 9.84 Å². The second-order valence-corrected chi connectivity index (χ2v) is 9.11. The molecule has 3 aromatic heterocycles. The van der Waals surface area contributed by atoms with Crippen molar-refractivity contribution in [3.8, 4) is 17.4 Å². The van der Waals surface area contributed by atoms with Crippen LogP contribution in [0.25, 0.3) is 11.5 Å². The number of pyridine rings is 1. The van der Waals surface area contributed by atoms with Gasteiger partial charge in [0.1, 0.15) is 0 Å². The molecule has 0 aliphatic rings. The van der Waals surface area contributed by atoms with Crippen LogP contribution in [0.2, 0.25) is 0 Å². The standard InChI is InChI=1S/C27H28F3N5O3/c1-18(2)26-19(17-34(33-26)23-12-10-20(16-31-23)27(28,29)30)7-6-14-38-24-15-22(11-13-25(36)37)35(32-24)21-8-4-3-5-9-21/h3-5,8-10,12,15-18H,6-7,11,13-14H2,1-2H3,(H,36,37). The average molecular weight is 528 g/mol. The van der Waals surface area contributed by atoms with Gasteiger partial charge in [0, 0.05) is 30.6 Å². The van der Waals surface area contributed by atoms with E-state index in [9.17, 15) is 18.0 Å². The molecule has 4 aromatic rings. The van der Waals surface area contributed by atoms with E-state index in [1.807, 2.05) is 44.2 Å². The molecule has 0 unspecified atom stereocenters. The third-order valence-electron chi connectivity index (χ3n) is 5.88. The SMILES string of the molecule is CC(C)c1nn(-c2ccc(C(F)(F)F)cn2)cc1CCCOc1cc(CCC(=O)O)n(-c2ccccc2)n1. The molecule has 4 rings (SSSR count). The molecule has 1 N–H and O–H groups in total. The van der Waals surface area contributed by atoms with E-state index in [0.29, 0.717) is 37.6 Å². The number of aliphatic carboxylic acids is 1. The summed E-state index contributed by atoms with van der Waals surface area (Å²) in [5.41, 5.74) is 2.54. The highest BCUT2D eigenvalue weighted by atomic mass is 19.4. The highest BCUT2D eigenvalue weighted by Crippen LogP contribution is 2.29. The van der Waals surface area contributed by atoms with Gasteiger partial charge in [-0.05, 0) is 48.6 Å². The van der Waals surface area contributed by atoms with Gasteiger partial charge >= 0.3 is 12.1 Å². The number of alkyl halides is 3. The largest absolute Gasteiger partial charge is 0.481 e. The van der Waals surface area contributed by atoms with Crippen molar-refractivity contribution in [1.29, 1.82) is 0 Å². The number of nitrogens with zero attached hydrogens (tertiary/aromatic N) is 5. The van der Waals surface area contributed by atoms with Gasteiger partial charge in [-0.25, -0.2) is 14.3 Å². The molecule has 38 heavy (non-hydrogen) atoms. The van der Waals surface area contributed by atoms with Crippen LogP contribution in [0.3, 0.4) is 0 Å². The Morgan fingerprint density at radius 3 is 2.47 bits per heavy atom. The monoisotopic (exact) mass is 527 g/mol. The minimum absolute atomic E-state index is 0.0201. The highest BCUT2D eigenvalue weighted by Gasteiger charge is 2.30. The molecule has 0 aliphatic heterocycles. The zero-order valence-corrected chi connectivity index (χ0v) is 21.0. The Kier molecular flexibility index (Phi) is 8.13. The maximum atomic E-state index is 12.9. The molecule has 0 bridgehead atoms. The molecule has 0 atom stereocenters. The molecular formula is C27H28F3N5O3. The predicted molar refractivity (Wildman–Crippen MR) is 134 cm³/mol. The van der Waals surface area contributed by atoms with Crippen LogP contribution >= 0.6 is 0 Å². The predicted octanol–water partition coefficient (Wildman–Crippen LogP) is 5.62. The Morgan fingerprint density at radius 1 is 1.08 bits per heavy atom. The van der Waals surface area contributed by atoms with E-state index in [2.05, 4.69) is 15.2 Å². The molecule has 0 fully saturated rings. The lowest BCUT2D eigenvalue weighted by molar-refractivity contribution is -0.138. The minimum atomic E-state index is -4.45. The highest BCUT2D eigenvalue weighted by molar-refractivity contribution is 5.67. The van der Waals surface area contributed by atoms with Crippen molar-refractivity contribution in [2.24, 2.45) is 0 Å². The van der Waals surface area contributed by atoms with Crippen molar-refractivity contribution in [1.82, 2.24) is 24.5 Å². The number of hydrogen-bond acceptors (Lipinski definition) is 5. The Labute approximate surface area is 217 Å². The molecule has 0 saturated heterocycles. The lowest BCUT2D eigenvalue weighted by Crippen LogP contribution is -2.07. The Hall–Kier alpha value is -4.15. The zero-order chi connectivity index (χ0) is 27.3. The minimum Gasteiger partial charge on any atom is -0.481 e. The first-order valence-corrected chi connectivity index (χ1v) is 12.2. The molecular weight excluding hydrogens is 499 g/mol. The first-order valence-electron chi connectivity index (χ1n) is 12.2. The first kappa shape index (κ1) is 26.9. The molecule has 1 aromatic carbocycles. The lowest BCUT2D eigenvalue weighted by atomic mass is 10.0. The molecule has 0 radical (unpaired) electrons. The van der Waals surface area contributed by atoms with Gasteiger partial charge in [0.05, 0.1) is 30.0 Å². The Morgan fingerprint density at radius 2 is 1.84 bits per heavy atom. The van der Waals surface area contributed by atoms with Gasteiger partial charge in [-0.3, -0.25) is 4.79 Å². The quantitative estimate of drug-likeness (QED) is 0.254. The number of ether oxygens (including phenoxy) is 1. The topological polar surface area (TPSA) is 95.1 Å². The number of carbonyl (C=O) groups is 1. The van der Waals surface area contributed by atoms with Crippen LogP contribution in [0.5, 0.6) is 5.88 Å². The van der Waals surface area contributed by atoms with E-state index in [1.165, 1.54) is 10.7 Å².